The molecule has 0 aliphatic rings. The fourth-order valence-electron chi connectivity index (χ4n) is 1.80. The van der Waals surface area contributed by atoms with Crippen molar-refractivity contribution in [2.45, 2.75) is 6.18 Å². The molecule has 1 aromatic carbocycles. The molecule has 2 aromatic rings. The van der Waals surface area contributed by atoms with Crippen molar-refractivity contribution in [3.63, 3.8) is 0 Å². The fourth-order valence-corrected chi connectivity index (χ4v) is 2.48. The largest absolute Gasteiger partial charge is 0.506 e. The first-order valence-corrected chi connectivity index (χ1v) is 7.48. The van der Waals surface area contributed by atoms with E-state index in [1.165, 1.54) is 19.2 Å². The summed E-state index contributed by atoms with van der Waals surface area (Å²) >= 11 is 1.00. The van der Waals surface area contributed by atoms with Gasteiger partial charge in [-0.25, -0.2) is 0 Å². The Kier molecular flexibility index (Phi) is 5.40. The summed E-state index contributed by atoms with van der Waals surface area (Å²) in [5, 5.41) is 11.6. The number of ether oxygens (including phenoxy) is 1. The summed E-state index contributed by atoms with van der Waals surface area (Å²) < 4.78 is 43.4. The molecule has 0 unspecified atom stereocenters. The van der Waals surface area contributed by atoms with Gasteiger partial charge in [0.05, 0.1) is 17.6 Å². The van der Waals surface area contributed by atoms with Crippen molar-refractivity contribution in [1.29, 1.82) is 0 Å². The van der Waals surface area contributed by atoms with E-state index in [4.69, 9.17) is 4.74 Å². The van der Waals surface area contributed by atoms with Crippen LogP contribution in [0.4, 0.5) is 18.9 Å². The summed E-state index contributed by atoms with van der Waals surface area (Å²) in [5.41, 5.74) is -0.706. The number of allylic oxidation sites excluding steroid dienone is 1. The van der Waals surface area contributed by atoms with Gasteiger partial charge in [-0.05, 0) is 23.6 Å². The topological polar surface area (TPSA) is 58.9 Å². The molecule has 24 heavy (non-hydrogen) atoms. The third-order valence-electron chi connectivity index (χ3n) is 2.93. The van der Waals surface area contributed by atoms with Crippen LogP contribution in [-0.4, -0.2) is 30.4 Å². The zero-order valence-electron chi connectivity index (χ0n) is 12.4. The average Bonchev–Trinajstić information content (AvgIpc) is 3.08. The number of halogens is 3. The van der Waals surface area contributed by atoms with Gasteiger partial charge in [-0.2, -0.15) is 13.2 Å². The standard InChI is InChI=1S/C16H12F3NO3S/c1-23-12-6-3-2-5-11(12)20-9-10(15(22)16(17,18)19)14(21)13-7-4-8-24-13/h2-9,21H,1H3/b14-10+,20-9?. The number of para-hydroxylation sites is 2. The lowest BCUT2D eigenvalue weighted by molar-refractivity contribution is -0.165. The first-order valence-electron chi connectivity index (χ1n) is 6.60. The summed E-state index contributed by atoms with van der Waals surface area (Å²) in [6.07, 6.45) is -4.43. The third kappa shape index (κ3) is 4.02. The van der Waals surface area contributed by atoms with E-state index in [0.29, 0.717) is 12.0 Å². The van der Waals surface area contributed by atoms with E-state index in [9.17, 15) is 23.1 Å². The Bertz CT molecular complexity index is 780. The van der Waals surface area contributed by atoms with Crippen LogP contribution in [0.2, 0.25) is 0 Å². The highest BCUT2D eigenvalue weighted by Crippen LogP contribution is 2.29. The molecule has 0 radical (unpaired) electrons. The molecule has 0 saturated carbocycles. The van der Waals surface area contributed by atoms with Crippen molar-refractivity contribution < 1.29 is 27.8 Å². The number of nitrogens with zero attached hydrogens (tertiary/aromatic N) is 1. The van der Waals surface area contributed by atoms with E-state index >= 15 is 0 Å². The Morgan fingerprint density at radius 2 is 1.96 bits per heavy atom. The number of hydrogen-bond donors (Lipinski definition) is 1. The van der Waals surface area contributed by atoms with E-state index in [-0.39, 0.29) is 10.6 Å². The van der Waals surface area contributed by atoms with Gasteiger partial charge in [-0.3, -0.25) is 9.79 Å². The number of thiophene rings is 1. The molecular weight excluding hydrogens is 343 g/mol. The van der Waals surface area contributed by atoms with E-state index in [0.717, 1.165) is 11.3 Å². The number of aliphatic hydroxyl groups excluding tert-OH is 1. The first kappa shape index (κ1) is 17.7. The minimum Gasteiger partial charge on any atom is -0.506 e. The maximum atomic E-state index is 12.8. The second kappa shape index (κ2) is 7.31. The zero-order valence-corrected chi connectivity index (χ0v) is 13.2. The molecule has 4 nitrogen and oxygen atoms in total. The molecule has 126 valence electrons. The van der Waals surface area contributed by atoms with Crippen LogP contribution >= 0.6 is 11.3 Å². The Labute approximate surface area is 139 Å². The number of methoxy groups -OCH3 is 1. The van der Waals surface area contributed by atoms with E-state index in [1.54, 1.807) is 29.6 Å². The highest BCUT2D eigenvalue weighted by atomic mass is 32.1. The lowest BCUT2D eigenvalue weighted by atomic mass is 10.1. The van der Waals surface area contributed by atoms with Crippen LogP contribution in [0.3, 0.4) is 0 Å². The number of hydrogen-bond acceptors (Lipinski definition) is 5. The van der Waals surface area contributed by atoms with Crippen LogP contribution in [0.5, 0.6) is 5.75 Å². The maximum Gasteiger partial charge on any atom is 0.455 e. The van der Waals surface area contributed by atoms with Gasteiger partial charge in [0, 0.05) is 6.21 Å². The van der Waals surface area contributed by atoms with Crippen LogP contribution in [0.1, 0.15) is 4.88 Å². The van der Waals surface area contributed by atoms with Gasteiger partial charge >= 0.3 is 6.18 Å². The quantitative estimate of drug-likeness (QED) is 0.486. The summed E-state index contributed by atoms with van der Waals surface area (Å²) in [6, 6.07) is 9.31. The van der Waals surface area contributed by atoms with E-state index < -0.39 is 23.3 Å². The molecule has 0 aliphatic carbocycles. The SMILES string of the molecule is COc1ccccc1N=C/C(C(=O)C(F)(F)F)=C(\O)c1cccs1. The molecule has 0 amide bonds. The van der Waals surface area contributed by atoms with Crippen LogP contribution in [0, 0.1) is 0 Å². The molecule has 0 bridgehead atoms. The molecule has 1 N–H and O–H groups in total. The minimum absolute atomic E-state index is 0.133. The molecule has 0 spiro atoms. The Morgan fingerprint density at radius 1 is 1.25 bits per heavy atom. The van der Waals surface area contributed by atoms with Crippen molar-refractivity contribution in [3.8, 4) is 5.75 Å². The Balaban J connectivity index is 2.50. The number of aliphatic imine (C=N–C) groups is 1. The molecule has 2 rings (SSSR count). The first-order chi connectivity index (χ1) is 11.3. The number of aliphatic hydroxyl groups is 1. The molecule has 0 aliphatic heterocycles. The van der Waals surface area contributed by atoms with Gasteiger partial charge in [0.25, 0.3) is 5.78 Å². The number of alkyl halides is 3. The van der Waals surface area contributed by atoms with Gasteiger partial charge in [0.15, 0.2) is 0 Å². The van der Waals surface area contributed by atoms with Crippen molar-refractivity contribution in [3.05, 3.63) is 52.2 Å². The maximum absolute atomic E-state index is 12.8. The second-order valence-electron chi connectivity index (χ2n) is 4.50. The minimum atomic E-state index is -5.13. The lowest BCUT2D eigenvalue weighted by Crippen LogP contribution is -2.26. The normalized spacial score (nSPS) is 13.0. The van der Waals surface area contributed by atoms with Gasteiger partial charge < -0.3 is 9.84 Å². The van der Waals surface area contributed by atoms with Crippen molar-refractivity contribution in [2.75, 3.05) is 7.11 Å². The number of ketones is 1. The lowest BCUT2D eigenvalue weighted by Gasteiger charge is -2.08. The monoisotopic (exact) mass is 355 g/mol. The van der Waals surface area contributed by atoms with Gasteiger partial charge in [-0.1, -0.05) is 18.2 Å². The summed E-state index contributed by atoms with van der Waals surface area (Å²) in [6.45, 7) is 0. The third-order valence-corrected chi connectivity index (χ3v) is 3.81. The molecule has 0 saturated heterocycles. The molecular formula is C16H12F3NO3S. The van der Waals surface area contributed by atoms with Crippen LogP contribution in [0.25, 0.3) is 5.76 Å². The highest BCUT2D eigenvalue weighted by Gasteiger charge is 2.41. The molecule has 0 fully saturated rings. The number of Topliss-reactive ketones (excluding diaryl/α,β-unsaturated/α-hetero) is 1. The summed E-state index contributed by atoms with van der Waals surface area (Å²) in [4.78, 5) is 15.6. The van der Waals surface area contributed by atoms with Crippen molar-refractivity contribution in [2.24, 2.45) is 4.99 Å². The molecule has 1 aromatic heterocycles. The van der Waals surface area contributed by atoms with Gasteiger partial charge in [0.2, 0.25) is 0 Å². The van der Waals surface area contributed by atoms with Gasteiger partial charge in [0.1, 0.15) is 17.2 Å². The van der Waals surface area contributed by atoms with Crippen LogP contribution < -0.4 is 4.74 Å². The smallest absolute Gasteiger partial charge is 0.455 e. The Morgan fingerprint density at radius 3 is 2.54 bits per heavy atom. The predicted octanol–water partition coefficient (Wildman–Crippen LogP) is 4.56. The Hall–Kier alpha value is -2.61. The van der Waals surface area contributed by atoms with E-state index in [1.807, 2.05) is 0 Å². The van der Waals surface area contributed by atoms with Crippen molar-refractivity contribution in [1.82, 2.24) is 0 Å². The van der Waals surface area contributed by atoms with E-state index in [2.05, 4.69) is 4.99 Å². The number of carbonyl (C=O) groups is 1. The summed E-state index contributed by atoms with van der Waals surface area (Å²) in [5.74, 6) is -2.62. The van der Waals surface area contributed by atoms with Crippen molar-refractivity contribution >= 4 is 34.8 Å². The molecule has 0 atom stereocenters. The zero-order chi connectivity index (χ0) is 17.7. The second-order valence-corrected chi connectivity index (χ2v) is 5.44. The van der Waals surface area contributed by atoms with Crippen LogP contribution in [-0.2, 0) is 4.79 Å². The predicted molar refractivity (Wildman–Crippen MR) is 86.1 cm³/mol. The van der Waals surface area contributed by atoms with Gasteiger partial charge in [-0.15, -0.1) is 11.3 Å². The summed E-state index contributed by atoms with van der Waals surface area (Å²) in [7, 11) is 1.38. The highest BCUT2D eigenvalue weighted by molar-refractivity contribution is 7.11. The molecule has 1 heterocycles. The number of rotatable bonds is 5. The number of benzene rings is 1. The average molecular weight is 355 g/mol. The molecule has 8 heteroatoms. The van der Waals surface area contributed by atoms with Crippen LogP contribution in [0.15, 0.2) is 52.3 Å². The fraction of sp³-hybridized carbons (Fsp3) is 0.125. The number of carbonyl (C=O) groups excluding carboxylic acids is 1.